The van der Waals surface area contributed by atoms with Crippen LogP contribution in [0.25, 0.3) is 0 Å². The topological polar surface area (TPSA) is 82.3 Å². The van der Waals surface area contributed by atoms with Crippen LogP contribution in [0, 0.1) is 0 Å². The molecule has 0 spiro atoms. The molecule has 0 fully saturated rings. The molecule has 0 saturated carbocycles. The summed E-state index contributed by atoms with van der Waals surface area (Å²) < 4.78 is 7.66. The van der Waals surface area contributed by atoms with Crippen molar-refractivity contribution in [2.75, 3.05) is 11.9 Å². The Labute approximate surface area is 148 Å². The largest absolute Gasteiger partial charge is 0.463 e. The first kappa shape index (κ1) is 17.2. The fourth-order valence-corrected chi connectivity index (χ4v) is 3.95. The van der Waals surface area contributed by atoms with Gasteiger partial charge in [0.2, 0.25) is 0 Å². The third-order valence-electron chi connectivity index (χ3n) is 4.31. The summed E-state index contributed by atoms with van der Waals surface area (Å²) in [4.78, 5) is 38.6. The van der Waals surface area contributed by atoms with Crippen molar-refractivity contribution in [1.29, 1.82) is 0 Å². The molecule has 0 aromatic carbocycles. The summed E-state index contributed by atoms with van der Waals surface area (Å²) in [5, 5.41) is 4.94. The second kappa shape index (κ2) is 6.36. The number of hydrogen-bond acceptors (Lipinski definition) is 6. The first-order valence-electron chi connectivity index (χ1n) is 7.86. The number of carbonyl (C=O) groups is 1. The Morgan fingerprint density at radius 1 is 1.32 bits per heavy atom. The van der Waals surface area contributed by atoms with Crippen molar-refractivity contribution in [3.63, 3.8) is 0 Å². The minimum Gasteiger partial charge on any atom is -0.463 e. The zero-order valence-electron chi connectivity index (χ0n) is 14.5. The molecular weight excluding hydrogens is 342 g/mol. The van der Waals surface area contributed by atoms with Crippen molar-refractivity contribution < 1.29 is 9.53 Å². The van der Waals surface area contributed by atoms with Crippen LogP contribution in [0.1, 0.15) is 30.2 Å². The van der Waals surface area contributed by atoms with Crippen LogP contribution in [-0.4, -0.2) is 21.7 Å². The second-order valence-electron chi connectivity index (χ2n) is 5.80. The van der Waals surface area contributed by atoms with E-state index >= 15 is 0 Å². The molecule has 25 heavy (non-hydrogen) atoms. The lowest BCUT2D eigenvalue weighted by Crippen LogP contribution is -2.43. The van der Waals surface area contributed by atoms with Crippen LogP contribution < -0.4 is 16.6 Å². The van der Waals surface area contributed by atoms with Gasteiger partial charge in [0.1, 0.15) is 5.82 Å². The number of allylic oxidation sites excluding steroid dienone is 1. The lowest BCUT2D eigenvalue weighted by Gasteiger charge is -2.30. The highest BCUT2D eigenvalue weighted by Crippen LogP contribution is 2.41. The number of esters is 1. The van der Waals surface area contributed by atoms with Gasteiger partial charge in [-0.2, -0.15) is 0 Å². The third-order valence-corrected chi connectivity index (χ3v) is 5.25. The summed E-state index contributed by atoms with van der Waals surface area (Å²) in [6, 6.07) is 3.74. The average molecular weight is 361 g/mol. The Bertz CT molecular complexity index is 983. The number of hydrogen-bond donors (Lipinski definition) is 1. The van der Waals surface area contributed by atoms with Gasteiger partial charge in [0, 0.05) is 24.7 Å². The van der Waals surface area contributed by atoms with Crippen LogP contribution in [0.2, 0.25) is 0 Å². The van der Waals surface area contributed by atoms with Gasteiger partial charge in [0.15, 0.2) is 0 Å². The molecule has 0 amide bonds. The number of fused-ring (bicyclic) bond motifs is 1. The van der Waals surface area contributed by atoms with Crippen LogP contribution >= 0.6 is 11.3 Å². The van der Waals surface area contributed by atoms with E-state index in [1.54, 1.807) is 20.9 Å². The van der Waals surface area contributed by atoms with Crippen molar-refractivity contribution in [2.24, 2.45) is 14.1 Å². The molecule has 1 atom stereocenters. The van der Waals surface area contributed by atoms with Crippen LogP contribution in [0.5, 0.6) is 0 Å². The molecule has 3 rings (SSSR count). The van der Waals surface area contributed by atoms with E-state index in [1.165, 1.54) is 23.0 Å². The van der Waals surface area contributed by atoms with Gasteiger partial charge in [-0.3, -0.25) is 13.9 Å². The SMILES string of the molecule is CCOC(=O)C1=C(C)Nc2c(c(=O)n(C)c(=O)n2C)[C@@H]1c1cccs1. The fourth-order valence-electron chi connectivity index (χ4n) is 3.11. The lowest BCUT2D eigenvalue weighted by atomic mass is 9.86. The maximum Gasteiger partial charge on any atom is 0.336 e. The van der Waals surface area contributed by atoms with Crippen molar-refractivity contribution >= 4 is 23.1 Å². The summed E-state index contributed by atoms with van der Waals surface area (Å²) in [6.07, 6.45) is 0. The number of anilines is 1. The molecule has 3 heterocycles. The monoisotopic (exact) mass is 361 g/mol. The van der Waals surface area contributed by atoms with Crippen LogP contribution in [0.4, 0.5) is 5.82 Å². The minimum absolute atomic E-state index is 0.241. The summed E-state index contributed by atoms with van der Waals surface area (Å²) in [6.45, 7) is 3.73. The Kier molecular flexibility index (Phi) is 4.38. The van der Waals surface area contributed by atoms with Gasteiger partial charge in [-0.1, -0.05) is 6.07 Å². The van der Waals surface area contributed by atoms with E-state index in [0.29, 0.717) is 22.7 Å². The van der Waals surface area contributed by atoms with Crippen LogP contribution in [0.15, 0.2) is 38.4 Å². The molecule has 0 saturated heterocycles. The minimum atomic E-state index is -0.569. The van der Waals surface area contributed by atoms with Gasteiger partial charge in [0.25, 0.3) is 5.56 Å². The number of aromatic nitrogens is 2. The Hall–Kier alpha value is -2.61. The zero-order valence-corrected chi connectivity index (χ0v) is 15.3. The average Bonchev–Trinajstić information content (AvgIpc) is 3.11. The fraction of sp³-hybridized carbons (Fsp3) is 0.353. The predicted octanol–water partition coefficient (Wildman–Crippen LogP) is 1.54. The molecule has 1 aliphatic heterocycles. The van der Waals surface area contributed by atoms with E-state index in [-0.39, 0.29) is 6.61 Å². The van der Waals surface area contributed by atoms with E-state index in [4.69, 9.17) is 4.74 Å². The van der Waals surface area contributed by atoms with Crippen molar-refractivity contribution in [3.05, 3.63) is 60.1 Å². The summed E-state index contributed by atoms with van der Waals surface area (Å²) in [5.41, 5.74) is 0.507. The number of carbonyl (C=O) groups excluding carboxylic acids is 1. The number of thiophene rings is 1. The smallest absolute Gasteiger partial charge is 0.336 e. The van der Waals surface area contributed by atoms with Crippen molar-refractivity contribution in [1.82, 2.24) is 9.13 Å². The van der Waals surface area contributed by atoms with E-state index in [1.807, 2.05) is 17.5 Å². The Morgan fingerprint density at radius 3 is 2.64 bits per heavy atom. The maximum atomic E-state index is 12.9. The van der Waals surface area contributed by atoms with Crippen molar-refractivity contribution in [3.8, 4) is 0 Å². The molecule has 0 unspecified atom stereocenters. The van der Waals surface area contributed by atoms with Crippen molar-refractivity contribution in [2.45, 2.75) is 19.8 Å². The standard InChI is InChI=1S/C17H19N3O4S/c1-5-24-16(22)11-9(2)18-14-13(12(11)10-7-6-8-25-10)15(21)20(4)17(23)19(14)3/h6-8,12,18H,5H2,1-4H3/t12-/m1/s1. The van der Waals surface area contributed by atoms with Gasteiger partial charge in [-0.05, 0) is 25.3 Å². The summed E-state index contributed by atoms with van der Waals surface area (Å²) in [7, 11) is 3.04. The predicted molar refractivity (Wildman–Crippen MR) is 96.0 cm³/mol. The highest BCUT2D eigenvalue weighted by atomic mass is 32.1. The van der Waals surface area contributed by atoms with E-state index in [0.717, 1.165) is 9.44 Å². The molecule has 0 aliphatic carbocycles. The molecule has 1 aliphatic rings. The molecule has 2 aromatic rings. The third kappa shape index (κ3) is 2.62. The number of nitrogens with zero attached hydrogens (tertiary/aromatic N) is 2. The van der Waals surface area contributed by atoms with E-state index in [2.05, 4.69) is 5.32 Å². The Balaban J connectivity index is 2.36. The first-order chi connectivity index (χ1) is 11.9. The molecular formula is C17H19N3O4S. The molecule has 0 radical (unpaired) electrons. The van der Waals surface area contributed by atoms with Crippen LogP contribution in [-0.2, 0) is 23.6 Å². The lowest BCUT2D eigenvalue weighted by molar-refractivity contribution is -0.138. The highest BCUT2D eigenvalue weighted by Gasteiger charge is 2.37. The molecule has 1 N–H and O–H groups in total. The molecule has 2 aromatic heterocycles. The van der Waals surface area contributed by atoms with Gasteiger partial charge < -0.3 is 10.1 Å². The number of nitrogens with one attached hydrogen (secondary N) is 1. The highest BCUT2D eigenvalue weighted by molar-refractivity contribution is 7.10. The quantitative estimate of drug-likeness (QED) is 0.839. The second-order valence-corrected chi connectivity index (χ2v) is 6.78. The van der Waals surface area contributed by atoms with Gasteiger partial charge in [-0.25, -0.2) is 9.59 Å². The summed E-state index contributed by atoms with van der Waals surface area (Å²) in [5.74, 6) is -0.620. The number of rotatable bonds is 3. The molecule has 0 bridgehead atoms. The molecule has 7 nitrogen and oxygen atoms in total. The Morgan fingerprint density at radius 2 is 2.04 bits per heavy atom. The van der Waals surface area contributed by atoms with Gasteiger partial charge in [0.05, 0.1) is 23.7 Å². The van der Waals surface area contributed by atoms with Crippen LogP contribution in [0.3, 0.4) is 0 Å². The molecule has 132 valence electrons. The number of ether oxygens (including phenoxy) is 1. The zero-order chi connectivity index (χ0) is 18.3. The van der Waals surface area contributed by atoms with Gasteiger partial charge >= 0.3 is 11.7 Å². The normalized spacial score (nSPS) is 16.4. The first-order valence-corrected chi connectivity index (χ1v) is 8.74. The maximum absolute atomic E-state index is 12.9. The summed E-state index contributed by atoms with van der Waals surface area (Å²) >= 11 is 1.45. The van der Waals surface area contributed by atoms with Gasteiger partial charge in [-0.15, -0.1) is 11.3 Å². The molecule has 8 heteroatoms. The van der Waals surface area contributed by atoms with E-state index in [9.17, 15) is 14.4 Å². The van der Waals surface area contributed by atoms with E-state index < -0.39 is 23.1 Å².